The smallest absolute Gasteiger partial charge is 0.205 e. The molecule has 0 radical (unpaired) electrons. The first-order chi connectivity index (χ1) is 6.61. The van der Waals surface area contributed by atoms with Crippen molar-refractivity contribution in [2.75, 3.05) is 0 Å². The van der Waals surface area contributed by atoms with Gasteiger partial charge in [-0.05, 0) is 12.1 Å². The normalized spacial score (nSPS) is 18.5. The van der Waals surface area contributed by atoms with Crippen molar-refractivity contribution in [3.63, 3.8) is 0 Å². The predicted octanol–water partition coefficient (Wildman–Crippen LogP) is 1.22. The summed E-state index contributed by atoms with van der Waals surface area (Å²) < 4.78 is 11.0. The average Bonchev–Trinajstić information content (AvgIpc) is 2.16. The molecule has 14 heavy (non-hydrogen) atoms. The summed E-state index contributed by atoms with van der Waals surface area (Å²) in [4.78, 5) is 4.20. The summed E-state index contributed by atoms with van der Waals surface area (Å²) in [6.07, 6.45) is 0. The molecule has 2 rings (SSSR count). The zero-order chi connectivity index (χ0) is 10.2. The van der Waals surface area contributed by atoms with E-state index in [2.05, 4.69) is 4.98 Å². The lowest BCUT2D eigenvalue weighted by atomic mass is 10.2. The quantitative estimate of drug-likeness (QED) is 0.732. The van der Waals surface area contributed by atoms with Gasteiger partial charge in [0.15, 0.2) is 0 Å². The van der Waals surface area contributed by atoms with Crippen LogP contribution in [0, 0.1) is 0 Å². The fraction of sp³-hybridized carbons (Fsp3) is 0.500. The van der Waals surface area contributed by atoms with E-state index in [0.29, 0.717) is 12.3 Å². The van der Waals surface area contributed by atoms with Gasteiger partial charge in [0.2, 0.25) is 5.79 Å². The van der Waals surface area contributed by atoms with Crippen molar-refractivity contribution < 1.29 is 14.6 Å². The second-order valence-corrected chi connectivity index (χ2v) is 3.70. The molecule has 0 fully saturated rings. The highest BCUT2D eigenvalue weighted by molar-refractivity contribution is 5.30. The lowest BCUT2D eigenvalue weighted by molar-refractivity contribution is -0.181. The van der Waals surface area contributed by atoms with Crippen LogP contribution < -0.4 is 4.74 Å². The first-order valence-corrected chi connectivity index (χ1v) is 4.53. The molecule has 1 aromatic heterocycles. The van der Waals surface area contributed by atoms with Crippen LogP contribution in [0.4, 0.5) is 0 Å². The topological polar surface area (TPSA) is 51.6 Å². The highest BCUT2D eigenvalue weighted by atomic mass is 16.7. The Bertz CT molecular complexity index is 349. The molecule has 0 bridgehead atoms. The first-order valence-electron chi connectivity index (χ1n) is 4.53. The number of aliphatic hydroxyl groups excluding tert-OH is 1. The average molecular weight is 195 g/mol. The van der Waals surface area contributed by atoms with Crippen molar-refractivity contribution in [2.45, 2.75) is 32.8 Å². The molecule has 0 saturated carbocycles. The molecule has 0 aromatic carbocycles. The van der Waals surface area contributed by atoms with Gasteiger partial charge >= 0.3 is 0 Å². The van der Waals surface area contributed by atoms with Crippen molar-refractivity contribution in [1.29, 1.82) is 0 Å². The maximum absolute atomic E-state index is 8.90. The Labute approximate surface area is 82.5 Å². The third-order valence-corrected chi connectivity index (χ3v) is 2.06. The standard InChI is InChI=1S/C10H13NO3/c1-10(2)13-6-8-9(14-10)4-3-7(5-12)11-8/h3-4,12H,5-6H2,1-2H3. The van der Waals surface area contributed by atoms with Gasteiger partial charge in [0.05, 0.1) is 18.9 Å². The Morgan fingerprint density at radius 3 is 3.00 bits per heavy atom. The summed E-state index contributed by atoms with van der Waals surface area (Å²) in [5.74, 6) is 0.147. The van der Waals surface area contributed by atoms with Gasteiger partial charge in [0.1, 0.15) is 11.4 Å². The highest BCUT2D eigenvalue weighted by Gasteiger charge is 2.27. The van der Waals surface area contributed by atoms with Crippen molar-refractivity contribution in [3.8, 4) is 5.75 Å². The monoisotopic (exact) mass is 195 g/mol. The number of pyridine rings is 1. The summed E-state index contributed by atoms with van der Waals surface area (Å²) in [5.41, 5.74) is 1.38. The molecule has 0 aliphatic carbocycles. The summed E-state index contributed by atoms with van der Waals surface area (Å²) in [6.45, 7) is 4.08. The van der Waals surface area contributed by atoms with Gasteiger partial charge in [-0.25, -0.2) is 4.98 Å². The second-order valence-electron chi connectivity index (χ2n) is 3.70. The second kappa shape index (κ2) is 3.22. The van der Waals surface area contributed by atoms with E-state index in [1.54, 1.807) is 6.07 Å². The van der Waals surface area contributed by atoms with E-state index in [4.69, 9.17) is 14.6 Å². The number of aliphatic hydroxyl groups is 1. The Balaban J connectivity index is 2.32. The number of nitrogens with zero attached hydrogens (tertiary/aromatic N) is 1. The number of aromatic nitrogens is 1. The molecule has 2 heterocycles. The molecule has 0 amide bonds. The van der Waals surface area contributed by atoms with Crippen LogP contribution in [0.5, 0.6) is 5.75 Å². The van der Waals surface area contributed by atoms with E-state index in [1.165, 1.54) is 0 Å². The molecule has 4 nitrogen and oxygen atoms in total. The molecule has 4 heteroatoms. The Kier molecular flexibility index (Phi) is 2.17. The van der Waals surface area contributed by atoms with E-state index < -0.39 is 5.79 Å². The number of rotatable bonds is 1. The van der Waals surface area contributed by atoms with Crippen LogP contribution >= 0.6 is 0 Å². The van der Waals surface area contributed by atoms with Gasteiger partial charge in [0, 0.05) is 13.8 Å². The summed E-state index contributed by atoms with van der Waals surface area (Å²) in [7, 11) is 0. The minimum absolute atomic E-state index is 0.0589. The number of hydrogen-bond acceptors (Lipinski definition) is 4. The molecule has 76 valence electrons. The molecular weight excluding hydrogens is 182 g/mol. The lowest BCUT2D eigenvalue weighted by Gasteiger charge is -2.31. The van der Waals surface area contributed by atoms with Crippen LogP contribution in [0.25, 0.3) is 0 Å². The maximum atomic E-state index is 8.90. The fourth-order valence-electron chi connectivity index (χ4n) is 1.35. The van der Waals surface area contributed by atoms with E-state index in [-0.39, 0.29) is 6.61 Å². The van der Waals surface area contributed by atoms with Gasteiger partial charge in [-0.3, -0.25) is 0 Å². The van der Waals surface area contributed by atoms with Crippen molar-refractivity contribution in [2.24, 2.45) is 0 Å². The molecule has 1 N–H and O–H groups in total. The molecule has 0 unspecified atom stereocenters. The molecule has 1 aliphatic heterocycles. The van der Waals surface area contributed by atoms with Crippen LogP contribution in [-0.2, 0) is 18.0 Å². The Morgan fingerprint density at radius 1 is 1.50 bits per heavy atom. The van der Waals surface area contributed by atoms with Gasteiger partial charge in [-0.1, -0.05) is 0 Å². The summed E-state index contributed by atoms with van der Waals surface area (Å²) in [5, 5.41) is 8.90. The molecule has 1 aromatic rings. The van der Waals surface area contributed by atoms with Gasteiger partial charge in [-0.15, -0.1) is 0 Å². The lowest BCUT2D eigenvalue weighted by Crippen LogP contribution is -2.35. The summed E-state index contributed by atoms with van der Waals surface area (Å²) >= 11 is 0. The minimum Gasteiger partial charge on any atom is -0.461 e. The molecule has 0 atom stereocenters. The zero-order valence-electron chi connectivity index (χ0n) is 8.28. The summed E-state index contributed by atoms with van der Waals surface area (Å²) in [6, 6.07) is 3.57. The number of hydrogen-bond donors (Lipinski definition) is 1. The predicted molar refractivity (Wildman–Crippen MR) is 49.7 cm³/mol. The van der Waals surface area contributed by atoms with Gasteiger partial charge < -0.3 is 14.6 Å². The zero-order valence-corrected chi connectivity index (χ0v) is 8.28. The van der Waals surface area contributed by atoms with Gasteiger partial charge in [0.25, 0.3) is 0 Å². The van der Waals surface area contributed by atoms with E-state index >= 15 is 0 Å². The fourth-order valence-corrected chi connectivity index (χ4v) is 1.35. The maximum Gasteiger partial charge on any atom is 0.205 e. The van der Waals surface area contributed by atoms with E-state index in [1.807, 2.05) is 19.9 Å². The van der Waals surface area contributed by atoms with E-state index in [0.717, 1.165) is 11.4 Å². The highest BCUT2D eigenvalue weighted by Crippen LogP contribution is 2.29. The Hall–Kier alpha value is -1.13. The largest absolute Gasteiger partial charge is 0.461 e. The number of ether oxygens (including phenoxy) is 2. The van der Waals surface area contributed by atoms with Crippen LogP contribution in [-0.4, -0.2) is 15.9 Å². The van der Waals surface area contributed by atoms with Crippen LogP contribution in [0.3, 0.4) is 0 Å². The molecular formula is C10H13NO3. The van der Waals surface area contributed by atoms with Crippen LogP contribution in [0.2, 0.25) is 0 Å². The van der Waals surface area contributed by atoms with Crippen molar-refractivity contribution in [1.82, 2.24) is 4.98 Å². The van der Waals surface area contributed by atoms with Crippen molar-refractivity contribution >= 4 is 0 Å². The number of fused-ring (bicyclic) bond motifs is 1. The molecule has 1 aliphatic rings. The molecule has 0 spiro atoms. The van der Waals surface area contributed by atoms with Crippen molar-refractivity contribution in [3.05, 3.63) is 23.5 Å². The Morgan fingerprint density at radius 2 is 2.29 bits per heavy atom. The van der Waals surface area contributed by atoms with Gasteiger partial charge in [-0.2, -0.15) is 0 Å². The third-order valence-electron chi connectivity index (χ3n) is 2.06. The SMILES string of the molecule is CC1(C)OCc2nc(CO)ccc2O1. The van der Waals surface area contributed by atoms with Crippen LogP contribution in [0.15, 0.2) is 12.1 Å². The first kappa shape index (κ1) is 9.43. The minimum atomic E-state index is -0.588. The van der Waals surface area contributed by atoms with Crippen LogP contribution in [0.1, 0.15) is 25.2 Å². The van der Waals surface area contributed by atoms with E-state index in [9.17, 15) is 0 Å². The molecule has 0 saturated heterocycles. The third kappa shape index (κ3) is 1.71.